The predicted octanol–water partition coefficient (Wildman–Crippen LogP) is 1.50. The van der Waals surface area contributed by atoms with E-state index >= 15 is 0 Å². The van der Waals surface area contributed by atoms with Crippen LogP contribution in [0.3, 0.4) is 0 Å². The summed E-state index contributed by atoms with van der Waals surface area (Å²) in [6.07, 6.45) is 1.70. The van der Waals surface area contributed by atoms with Crippen molar-refractivity contribution in [3.63, 3.8) is 0 Å². The van der Waals surface area contributed by atoms with Gasteiger partial charge in [-0.2, -0.15) is 9.47 Å². The Morgan fingerprint density at radius 2 is 2.41 bits per heavy atom. The second-order valence-electron chi connectivity index (χ2n) is 3.58. The van der Waals surface area contributed by atoms with Crippen LogP contribution in [0.1, 0.15) is 21.7 Å². The van der Waals surface area contributed by atoms with Crippen molar-refractivity contribution >= 4 is 22.5 Å². The first-order valence-corrected chi connectivity index (χ1v) is 5.77. The standard InChI is InChI=1S/C10H12N4O2S/c1-6-8(10(15)16)9(17-13-6)11-5-7-3-4-12-14(7)2/h3-4,11H,5H2,1-2H3,(H,15,16). The Bertz CT molecular complexity index is 546. The fourth-order valence-electron chi connectivity index (χ4n) is 1.49. The van der Waals surface area contributed by atoms with Crippen molar-refractivity contribution in [3.8, 4) is 0 Å². The number of aryl methyl sites for hydroxylation is 2. The van der Waals surface area contributed by atoms with Crippen molar-refractivity contribution in [1.29, 1.82) is 0 Å². The van der Waals surface area contributed by atoms with Gasteiger partial charge in [-0.15, -0.1) is 0 Å². The van der Waals surface area contributed by atoms with E-state index in [2.05, 4.69) is 14.8 Å². The number of hydrogen-bond donors (Lipinski definition) is 2. The van der Waals surface area contributed by atoms with Crippen LogP contribution in [0.5, 0.6) is 0 Å². The lowest BCUT2D eigenvalue weighted by atomic mass is 10.2. The van der Waals surface area contributed by atoms with E-state index in [1.54, 1.807) is 17.8 Å². The summed E-state index contributed by atoms with van der Waals surface area (Å²) < 4.78 is 5.77. The zero-order valence-corrected chi connectivity index (χ0v) is 10.3. The van der Waals surface area contributed by atoms with E-state index in [1.807, 2.05) is 13.1 Å². The Balaban J connectivity index is 2.15. The molecule has 0 aliphatic rings. The minimum absolute atomic E-state index is 0.247. The van der Waals surface area contributed by atoms with Gasteiger partial charge in [-0.25, -0.2) is 4.79 Å². The van der Waals surface area contributed by atoms with Crippen LogP contribution in [0.2, 0.25) is 0 Å². The number of rotatable bonds is 4. The van der Waals surface area contributed by atoms with Gasteiger partial charge in [-0.1, -0.05) is 0 Å². The summed E-state index contributed by atoms with van der Waals surface area (Å²) in [6.45, 7) is 2.22. The van der Waals surface area contributed by atoms with Crippen LogP contribution >= 0.6 is 11.5 Å². The Morgan fingerprint density at radius 1 is 1.65 bits per heavy atom. The monoisotopic (exact) mass is 252 g/mol. The van der Waals surface area contributed by atoms with E-state index < -0.39 is 5.97 Å². The third-order valence-corrected chi connectivity index (χ3v) is 3.33. The number of aromatic nitrogens is 3. The number of carbonyl (C=O) groups is 1. The lowest BCUT2D eigenvalue weighted by Crippen LogP contribution is -2.07. The third-order valence-electron chi connectivity index (χ3n) is 2.43. The molecule has 90 valence electrons. The normalized spacial score (nSPS) is 10.5. The first-order chi connectivity index (χ1) is 8.09. The first-order valence-electron chi connectivity index (χ1n) is 5.00. The summed E-state index contributed by atoms with van der Waals surface area (Å²) in [7, 11) is 1.84. The maximum atomic E-state index is 11.0. The summed E-state index contributed by atoms with van der Waals surface area (Å²) in [5, 5.41) is 16.7. The summed E-state index contributed by atoms with van der Waals surface area (Å²) >= 11 is 1.16. The van der Waals surface area contributed by atoms with Gasteiger partial charge < -0.3 is 10.4 Å². The number of nitrogens with one attached hydrogen (secondary N) is 1. The highest BCUT2D eigenvalue weighted by Crippen LogP contribution is 2.24. The maximum absolute atomic E-state index is 11.0. The van der Waals surface area contributed by atoms with Crippen molar-refractivity contribution in [2.75, 3.05) is 5.32 Å². The fraction of sp³-hybridized carbons (Fsp3) is 0.300. The summed E-state index contributed by atoms with van der Waals surface area (Å²) in [4.78, 5) is 11.0. The molecule has 17 heavy (non-hydrogen) atoms. The maximum Gasteiger partial charge on any atom is 0.340 e. The fourth-order valence-corrected chi connectivity index (χ4v) is 2.27. The summed E-state index contributed by atoms with van der Waals surface area (Å²) in [5.74, 6) is -0.955. The molecule has 0 atom stereocenters. The second kappa shape index (κ2) is 4.54. The van der Waals surface area contributed by atoms with Crippen molar-refractivity contribution < 1.29 is 9.90 Å². The molecule has 2 aromatic heterocycles. The quantitative estimate of drug-likeness (QED) is 0.861. The van der Waals surface area contributed by atoms with Crippen LogP contribution in [0, 0.1) is 6.92 Å². The minimum Gasteiger partial charge on any atom is -0.478 e. The minimum atomic E-state index is -0.955. The smallest absolute Gasteiger partial charge is 0.340 e. The van der Waals surface area contributed by atoms with Crippen LogP contribution in [0.4, 0.5) is 5.00 Å². The van der Waals surface area contributed by atoms with Crippen molar-refractivity contribution in [2.45, 2.75) is 13.5 Å². The highest BCUT2D eigenvalue weighted by atomic mass is 32.1. The van der Waals surface area contributed by atoms with Gasteiger partial charge in [0.15, 0.2) is 0 Å². The van der Waals surface area contributed by atoms with E-state index in [0.29, 0.717) is 17.2 Å². The van der Waals surface area contributed by atoms with Gasteiger partial charge in [0.1, 0.15) is 10.6 Å². The number of anilines is 1. The molecule has 2 heterocycles. The number of hydrogen-bond acceptors (Lipinski definition) is 5. The third kappa shape index (κ3) is 2.28. The molecule has 0 fully saturated rings. The van der Waals surface area contributed by atoms with Crippen LogP contribution in [-0.2, 0) is 13.6 Å². The van der Waals surface area contributed by atoms with Gasteiger partial charge in [0.25, 0.3) is 0 Å². The first kappa shape index (κ1) is 11.6. The van der Waals surface area contributed by atoms with Crippen LogP contribution in [0.15, 0.2) is 12.3 Å². The van der Waals surface area contributed by atoms with Gasteiger partial charge in [0.05, 0.1) is 17.9 Å². The van der Waals surface area contributed by atoms with Crippen LogP contribution in [-0.4, -0.2) is 25.2 Å². The molecule has 0 bridgehead atoms. The zero-order valence-electron chi connectivity index (χ0n) is 9.47. The van der Waals surface area contributed by atoms with Gasteiger partial charge in [-0.05, 0) is 24.5 Å². The average Bonchev–Trinajstić information content (AvgIpc) is 2.82. The Labute approximate surface area is 102 Å². The molecule has 0 aliphatic heterocycles. The summed E-state index contributed by atoms with van der Waals surface area (Å²) in [6, 6.07) is 1.88. The van der Waals surface area contributed by atoms with Gasteiger partial charge in [0, 0.05) is 13.2 Å². The predicted molar refractivity (Wildman–Crippen MR) is 64.3 cm³/mol. The Hall–Kier alpha value is -1.89. The second-order valence-corrected chi connectivity index (χ2v) is 4.35. The van der Waals surface area contributed by atoms with Crippen molar-refractivity contribution in [3.05, 3.63) is 29.2 Å². The van der Waals surface area contributed by atoms with Crippen molar-refractivity contribution in [1.82, 2.24) is 14.2 Å². The van der Waals surface area contributed by atoms with Gasteiger partial charge >= 0.3 is 5.97 Å². The van der Waals surface area contributed by atoms with Gasteiger partial charge in [-0.3, -0.25) is 4.68 Å². The SMILES string of the molecule is Cc1nsc(NCc2ccnn2C)c1C(=O)O. The average molecular weight is 252 g/mol. The number of aromatic carboxylic acids is 1. The van der Waals surface area contributed by atoms with E-state index in [0.717, 1.165) is 17.2 Å². The Morgan fingerprint density at radius 3 is 3.00 bits per heavy atom. The van der Waals surface area contributed by atoms with E-state index in [1.165, 1.54) is 0 Å². The molecule has 0 unspecified atom stereocenters. The molecule has 0 aliphatic carbocycles. The molecule has 0 aromatic carbocycles. The van der Waals surface area contributed by atoms with E-state index in [-0.39, 0.29) is 5.56 Å². The lowest BCUT2D eigenvalue weighted by Gasteiger charge is -2.05. The van der Waals surface area contributed by atoms with Crippen LogP contribution < -0.4 is 5.32 Å². The number of carboxylic acids is 1. The van der Waals surface area contributed by atoms with Crippen molar-refractivity contribution in [2.24, 2.45) is 7.05 Å². The molecule has 6 nitrogen and oxygen atoms in total. The number of carboxylic acid groups (broad SMARTS) is 1. The summed E-state index contributed by atoms with van der Waals surface area (Å²) in [5.41, 5.74) is 1.76. The molecule has 7 heteroatoms. The highest BCUT2D eigenvalue weighted by molar-refractivity contribution is 7.10. The lowest BCUT2D eigenvalue weighted by molar-refractivity contribution is 0.0697. The Kier molecular flexibility index (Phi) is 3.10. The molecule has 0 saturated carbocycles. The molecule has 2 N–H and O–H groups in total. The largest absolute Gasteiger partial charge is 0.478 e. The molecule has 2 aromatic rings. The zero-order chi connectivity index (χ0) is 12.4. The molecule has 0 saturated heterocycles. The van der Waals surface area contributed by atoms with Gasteiger partial charge in [0.2, 0.25) is 0 Å². The van der Waals surface area contributed by atoms with E-state index in [4.69, 9.17) is 5.11 Å². The molecule has 0 spiro atoms. The molecule has 2 rings (SSSR count). The molecular formula is C10H12N4O2S. The molecular weight excluding hydrogens is 240 g/mol. The van der Waals surface area contributed by atoms with Crippen LogP contribution in [0.25, 0.3) is 0 Å². The molecule has 0 radical (unpaired) electrons. The topological polar surface area (TPSA) is 80.0 Å². The number of nitrogens with zero attached hydrogens (tertiary/aromatic N) is 3. The molecule has 0 amide bonds. The highest BCUT2D eigenvalue weighted by Gasteiger charge is 2.17. The van der Waals surface area contributed by atoms with E-state index in [9.17, 15) is 4.79 Å².